The first kappa shape index (κ1) is 16.9. The summed E-state index contributed by atoms with van der Waals surface area (Å²) in [4.78, 5) is 29.3. The van der Waals surface area contributed by atoms with Crippen LogP contribution in [-0.4, -0.2) is 51.4 Å². The van der Waals surface area contributed by atoms with E-state index in [9.17, 15) is 9.59 Å². The first-order valence-electron chi connectivity index (χ1n) is 8.25. The number of aromatic nitrogens is 3. The number of carbonyl (C=O) groups excluding carboxylic acids is 1. The van der Waals surface area contributed by atoms with E-state index in [1.54, 1.807) is 30.2 Å². The van der Waals surface area contributed by atoms with E-state index in [1.807, 2.05) is 6.07 Å². The minimum absolute atomic E-state index is 0.0587. The third-order valence-electron chi connectivity index (χ3n) is 4.41. The van der Waals surface area contributed by atoms with Crippen molar-refractivity contribution in [2.24, 2.45) is 13.0 Å². The van der Waals surface area contributed by atoms with Gasteiger partial charge in [0.05, 0.1) is 11.8 Å². The fourth-order valence-corrected chi connectivity index (χ4v) is 2.96. The number of aromatic carboxylic acids is 1. The van der Waals surface area contributed by atoms with Crippen molar-refractivity contribution in [1.29, 1.82) is 0 Å². The van der Waals surface area contributed by atoms with E-state index in [-0.39, 0.29) is 11.6 Å². The van der Waals surface area contributed by atoms with Gasteiger partial charge in [-0.3, -0.25) is 9.48 Å². The molecule has 0 bridgehead atoms. The quantitative estimate of drug-likeness (QED) is 0.845. The van der Waals surface area contributed by atoms with Crippen LogP contribution in [0.5, 0.6) is 0 Å². The van der Waals surface area contributed by atoms with Gasteiger partial charge in [0, 0.05) is 32.9 Å². The number of rotatable bonds is 5. The Labute approximate surface area is 145 Å². The van der Waals surface area contributed by atoms with Crippen molar-refractivity contribution in [3.8, 4) is 0 Å². The summed E-state index contributed by atoms with van der Waals surface area (Å²) in [5.41, 5.74) is 0.623. The molecule has 1 fully saturated rings. The van der Waals surface area contributed by atoms with E-state index < -0.39 is 5.97 Å². The summed E-state index contributed by atoms with van der Waals surface area (Å²) in [5.74, 6) is -0.0292. The predicted molar refractivity (Wildman–Crippen MR) is 91.7 cm³/mol. The molecule has 8 heteroatoms. The number of nitrogens with one attached hydrogen (secondary N) is 1. The number of nitrogens with zero attached hydrogens (tertiary/aromatic N) is 4. The zero-order valence-electron chi connectivity index (χ0n) is 14.1. The summed E-state index contributed by atoms with van der Waals surface area (Å²) in [5, 5.41) is 16.0. The molecule has 1 saturated heterocycles. The minimum Gasteiger partial charge on any atom is -0.477 e. The summed E-state index contributed by atoms with van der Waals surface area (Å²) in [6.45, 7) is 2.22. The molecule has 0 spiro atoms. The molecule has 0 atom stereocenters. The van der Waals surface area contributed by atoms with Gasteiger partial charge in [-0.15, -0.1) is 0 Å². The number of amides is 1. The molecular formula is C17H21N5O3. The molecule has 25 heavy (non-hydrogen) atoms. The molecule has 1 aliphatic heterocycles. The lowest BCUT2D eigenvalue weighted by molar-refractivity contribution is 0.0690. The summed E-state index contributed by atoms with van der Waals surface area (Å²) in [6, 6.07) is 5.04. The molecule has 3 heterocycles. The Morgan fingerprint density at radius 2 is 2.08 bits per heavy atom. The average Bonchev–Trinajstić information content (AvgIpc) is 3.07. The normalized spacial score (nSPS) is 15.2. The molecule has 3 rings (SSSR count). The Morgan fingerprint density at radius 1 is 1.32 bits per heavy atom. The van der Waals surface area contributed by atoms with Crippen molar-refractivity contribution < 1.29 is 14.7 Å². The number of hydrogen-bond donors (Lipinski definition) is 2. The topological polar surface area (TPSA) is 100 Å². The lowest BCUT2D eigenvalue weighted by atomic mass is 9.96. The van der Waals surface area contributed by atoms with Crippen LogP contribution in [0.4, 0.5) is 5.82 Å². The Morgan fingerprint density at radius 3 is 2.72 bits per heavy atom. The molecule has 1 aliphatic rings. The van der Waals surface area contributed by atoms with Crippen LogP contribution < -0.4 is 10.2 Å². The highest BCUT2D eigenvalue weighted by atomic mass is 16.4. The van der Waals surface area contributed by atoms with Gasteiger partial charge < -0.3 is 15.3 Å². The van der Waals surface area contributed by atoms with Crippen LogP contribution in [0.2, 0.25) is 0 Å². The Bertz CT molecular complexity index is 765. The van der Waals surface area contributed by atoms with Crippen molar-refractivity contribution in [2.75, 3.05) is 24.5 Å². The predicted octanol–water partition coefficient (Wildman–Crippen LogP) is 1.16. The largest absolute Gasteiger partial charge is 0.477 e. The molecule has 2 aromatic rings. The highest BCUT2D eigenvalue weighted by molar-refractivity contribution is 5.93. The summed E-state index contributed by atoms with van der Waals surface area (Å²) < 4.78 is 1.60. The van der Waals surface area contributed by atoms with Gasteiger partial charge in [0.1, 0.15) is 5.82 Å². The van der Waals surface area contributed by atoms with Crippen molar-refractivity contribution in [3.63, 3.8) is 0 Å². The van der Waals surface area contributed by atoms with Gasteiger partial charge in [-0.1, -0.05) is 6.07 Å². The van der Waals surface area contributed by atoms with Gasteiger partial charge in [0.2, 0.25) is 0 Å². The van der Waals surface area contributed by atoms with Gasteiger partial charge in [0.15, 0.2) is 5.69 Å². The Hall–Kier alpha value is -2.90. The number of carbonyl (C=O) groups is 2. The molecule has 0 unspecified atom stereocenters. The molecule has 0 radical (unpaired) electrons. The maximum absolute atomic E-state index is 12.0. The maximum Gasteiger partial charge on any atom is 0.354 e. The van der Waals surface area contributed by atoms with Gasteiger partial charge >= 0.3 is 5.97 Å². The van der Waals surface area contributed by atoms with Gasteiger partial charge in [-0.25, -0.2) is 9.78 Å². The van der Waals surface area contributed by atoms with E-state index in [2.05, 4.69) is 20.3 Å². The van der Waals surface area contributed by atoms with Crippen LogP contribution in [0.15, 0.2) is 30.6 Å². The number of carboxylic acids is 1. The molecule has 0 aliphatic carbocycles. The smallest absolute Gasteiger partial charge is 0.354 e. The Kier molecular flexibility index (Phi) is 4.97. The van der Waals surface area contributed by atoms with Crippen LogP contribution >= 0.6 is 0 Å². The SMILES string of the molecule is Cn1cc(C(=O)NCC2CCN(c3cccc(C(=O)O)n3)CC2)cn1. The highest BCUT2D eigenvalue weighted by Gasteiger charge is 2.21. The van der Waals surface area contributed by atoms with Crippen LogP contribution in [0.1, 0.15) is 33.7 Å². The van der Waals surface area contributed by atoms with E-state index in [0.717, 1.165) is 25.9 Å². The summed E-state index contributed by atoms with van der Waals surface area (Å²) in [6.07, 6.45) is 5.09. The molecule has 1 amide bonds. The van der Waals surface area contributed by atoms with Gasteiger partial charge in [-0.2, -0.15) is 5.10 Å². The number of carboxylic acid groups (broad SMARTS) is 1. The van der Waals surface area contributed by atoms with Crippen LogP contribution in [0.25, 0.3) is 0 Å². The van der Waals surface area contributed by atoms with Crippen molar-refractivity contribution in [2.45, 2.75) is 12.8 Å². The monoisotopic (exact) mass is 343 g/mol. The zero-order valence-corrected chi connectivity index (χ0v) is 14.1. The second-order valence-corrected chi connectivity index (χ2v) is 6.23. The van der Waals surface area contributed by atoms with E-state index >= 15 is 0 Å². The fourth-order valence-electron chi connectivity index (χ4n) is 2.96. The molecule has 2 N–H and O–H groups in total. The lowest BCUT2D eigenvalue weighted by Gasteiger charge is -2.32. The number of hydrogen-bond acceptors (Lipinski definition) is 5. The first-order chi connectivity index (χ1) is 12.0. The third kappa shape index (κ3) is 4.14. The van der Waals surface area contributed by atoms with Crippen LogP contribution in [0.3, 0.4) is 0 Å². The van der Waals surface area contributed by atoms with E-state index in [0.29, 0.717) is 23.8 Å². The minimum atomic E-state index is -1.02. The Balaban J connectivity index is 1.49. The van der Waals surface area contributed by atoms with Crippen molar-refractivity contribution >= 4 is 17.7 Å². The van der Waals surface area contributed by atoms with Crippen molar-refractivity contribution in [1.82, 2.24) is 20.1 Å². The highest BCUT2D eigenvalue weighted by Crippen LogP contribution is 2.21. The molecule has 0 aromatic carbocycles. The first-order valence-corrected chi connectivity index (χ1v) is 8.25. The van der Waals surface area contributed by atoms with Gasteiger partial charge in [-0.05, 0) is 30.9 Å². The van der Waals surface area contributed by atoms with Crippen molar-refractivity contribution in [3.05, 3.63) is 41.9 Å². The molecular weight excluding hydrogens is 322 g/mol. The molecule has 0 saturated carbocycles. The van der Waals surface area contributed by atoms with Gasteiger partial charge in [0.25, 0.3) is 5.91 Å². The summed E-state index contributed by atoms with van der Waals surface area (Å²) >= 11 is 0. The molecule has 132 valence electrons. The third-order valence-corrected chi connectivity index (χ3v) is 4.41. The van der Waals surface area contributed by atoms with E-state index in [1.165, 1.54) is 6.07 Å². The maximum atomic E-state index is 12.0. The second kappa shape index (κ2) is 7.33. The number of anilines is 1. The van der Waals surface area contributed by atoms with E-state index in [4.69, 9.17) is 5.11 Å². The average molecular weight is 343 g/mol. The standard InChI is InChI=1S/C17H21N5O3/c1-21-11-13(10-19-21)16(23)18-9-12-5-7-22(8-6-12)15-4-2-3-14(20-15)17(24)25/h2-4,10-12H,5-9H2,1H3,(H,18,23)(H,24,25). The summed E-state index contributed by atoms with van der Waals surface area (Å²) in [7, 11) is 1.78. The molecule has 2 aromatic heterocycles. The fraction of sp³-hybridized carbons (Fsp3) is 0.412. The van der Waals surface area contributed by atoms with Crippen LogP contribution in [-0.2, 0) is 7.05 Å². The number of piperidine rings is 1. The zero-order chi connectivity index (χ0) is 17.8. The number of pyridine rings is 1. The number of aryl methyl sites for hydroxylation is 1. The van der Waals surface area contributed by atoms with Crippen LogP contribution in [0, 0.1) is 5.92 Å². The molecule has 8 nitrogen and oxygen atoms in total. The lowest BCUT2D eigenvalue weighted by Crippen LogP contribution is -2.39. The second-order valence-electron chi connectivity index (χ2n) is 6.23.